The average Bonchev–Trinajstić information content (AvgIpc) is 2.93. The topological polar surface area (TPSA) is 70.4 Å². The number of carbonyl (C=O) groups is 1. The van der Waals surface area contributed by atoms with Crippen LogP contribution in [0.4, 0.5) is 10.6 Å². The Hall–Kier alpha value is -2.34. The van der Waals surface area contributed by atoms with Crippen molar-refractivity contribution in [2.75, 3.05) is 18.5 Å². The van der Waals surface area contributed by atoms with Crippen LogP contribution in [0.15, 0.2) is 30.3 Å². The van der Waals surface area contributed by atoms with Crippen molar-refractivity contribution in [2.24, 2.45) is 7.05 Å². The van der Waals surface area contributed by atoms with Gasteiger partial charge in [-0.2, -0.15) is 5.10 Å². The van der Waals surface area contributed by atoms with Crippen LogP contribution in [0.2, 0.25) is 0 Å². The summed E-state index contributed by atoms with van der Waals surface area (Å²) in [5.41, 5.74) is 3.16. The fourth-order valence-electron chi connectivity index (χ4n) is 3.09. The number of hydrogen-bond donors (Lipinski definition) is 2. The number of nitrogens with zero attached hydrogens (tertiary/aromatic N) is 3. The lowest BCUT2D eigenvalue weighted by molar-refractivity contribution is 0.135. The highest BCUT2D eigenvalue weighted by molar-refractivity contribution is 5.89. The molecule has 2 aromatic rings. The number of carbonyl (C=O) groups excluding carboxylic acids is 1. The van der Waals surface area contributed by atoms with Crippen molar-refractivity contribution in [2.45, 2.75) is 25.8 Å². The predicted molar refractivity (Wildman–Crippen MR) is 88.3 cm³/mol. The minimum atomic E-state index is -0.307. The molecule has 0 fully saturated rings. The summed E-state index contributed by atoms with van der Waals surface area (Å²) in [6, 6.07) is 9.34. The van der Waals surface area contributed by atoms with Crippen LogP contribution >= 0.6 is 0 Å². The number of aryl methyl sites for hydroxylation is 2. The molecule has 2 heterocycles. The molecule has 0 spiro atoms. The molecule has 2 N–H and O–H groups in total. The van der Waals surface area contributed by atoms with Crippen LogP contribution in [-0.2, 0) is 19.9 Å². The maximum atomic E-state index is 12.7. The second kappa shape index (κ2) is 6.42. The number of fused-ring (bicyclic) bond motifs is 1. The van der Waals surface area contributed by atoms with Crippen molar-refractivity contribution in [1.82, 2.24) is 14.7 Å². The van der Waals surface area contributed by atoms with Gasteiger partial charge in [0.1, 0.15) is 5.82 Å². The van der Waals surface area contributed by atoms with E-state index in [4.69, 9.17) is 0 Å². The van der Waals surface area contributed by atoms with Crippen molar-refractivity contribution < 1.29 is 9.90 Å². The lowest BCUT2D eigenvalue weighted by atomic mass is 9.93. The molecule has 0 saturated carbocycles. The summed E-state index contributed by atoms with van der Waals surface area (Å²) in [6.07, 6.45) is 1.62. The first-order valence-electron chi connectivity index (χ1n) is 7.93. The van der Waals surface area contributed by atoms with Gasteiger partial charge in [-0.05, 0) is 24.0 Å². The van der Waals surface area contributed by atoms with Crippen LogP contribution in [-0.4, -0.2) is 39.0 Å². The molecule has 1 aromatic heterocycles. The monoisotopic (exact) mass is 314 g/mol. The van der Waals surface area contributed by atoms with Crippen molar-refractivity contribution in [3.8, 4) is 0 Å². The second-order valence-electron chi connectivity index (χ2n) is 5.77. The Morgan fingerprint density at radius 3 is 2.91 bits per heavy atom. The van der Waals surface area contributed by atoms with Crippen LogP contribution < -0.4 is 5.32 Å². The van der Waals surface area contributed by atoms with Crippen LogP contribution in [0.3, 0.4) is 0 Å². The van der Waals surface area contributed by atoms with E-state index in [-0.39, 0.29) is 18.7 Å². The summed E-state index contributed by atoms with van der Waals surface area (Å²) in [7, 11) is 1.81. The first-order chi connectivity index (χ1) is 11.1. The van der Waals surface area contributed by atoms with E-state index in [9.17, 15) is 9.90 Å². The van der Waals surface area contributed by atoms with Crippen LogP contribution in [0.25, 0.3) is 0 Å². The number of aromatic nitrogens is 2. The number of aliphatic hydroxyl groups excluding tert-OH is 1. The smallest absolute Gasteiger partial charge is 0.323 e. The summed E-state index contributed by atoms with van der Waals surface area (Å²) in [6.45, 7) is 2.53. The Morgan fingerprint density at radius 2 is 2.22 bits per heavy atom. The maximum absolute atomic E-state index is 12.7. The van der Waals surface area contributed by atoms with Gasteiger partial charge >= 0.3 is 6.03 Å². The van der Waals surface area contributed by atoms with Gasteiger partial charge < -0.3 is 10.0 Å². The Labute approximate surface area is 135 Å². The quantitative estimate of drug-likeness (QED) is 0.911. The Morgan fingerprint density at radius 1 is 1.43 bits per heavy atom. The van der Waals surface area contributed by atoms with Gasteiger partial charge in [0.15, 0.2) is 0 Å². The zero-order chi connectivity index (χ0) is 16.4. The number of anilines is 1. The van der Waals surface area contributed by atoms with E-state index >= 15 is 0 Å². The minimum absolute atomic E-state index is 0.0873. The summed E-state index contributed by atoms with van der Waals surface area (Å²) < 4.78 is 1.67. The molecule has 122 valence electrons. The third-order valence-electron chi connectivity index (χ3n) is 4.37. The molecular formula is C17H22N4O2. The Kier molecular flexibility index (Phi) is 4.34. The van der Waals surface area contributed by atoms with E-state index in [0.29, 0.717) is 12.4 Å². The number of hydrogen-bond acceptors (Lipinski definition) is 3. The average molecular weight is 314 g/mol. The molecule has 1 unspecified atom stereocenters. The van der Waals surface area contributed by atoms with Crippen molar-refractivity contribution in [3.05, 3.63) is 47.2 Å². The van der Waals surface area contributed by atoms with E-state index in [2.05, 4.69) is 16.5 Å². The summed E-state index contributed by atoms with van der Waals surface area (Å²) in [5.74, 6) is 0.669. The molecule has 0 radical (unpaired) electrons. The largest absolute Gasteiger partial charge is 0.394 e. The number of nitrogens with one attached hydrogen (secondary N) is 1. The third kappa shape index (κ3) is 2.94. The minimum Gasteiger partial charge on any atom is -0.394 e. The predicted octanol–water partition coefficient (Wildman–Crippen LogP) is 2.11. The highest BCUT2D eigenvalue weighted by Crippen LogP contribution is 2.29. The molecule has 1 aliphatic heterocycles. The number of benzene rings is 1. The van der Waals surface area contributed by atoms with Crippen LogP contribution in [0.5, 0.6) is 0 Å². The normalized spacial score (nSPS) is 17.0. The molecular weight excluding hydrogens is 292 g/mol. The maximum Gasteiger partial charge on any atom is 0.323 e. The standard InChI is InChI=1S/C17H22N4O2/c1-3-13-10-16(20(2)19-13)18-17(23)21-9-8-12-6-4-5-7-14(12)15(21)11-22/h4-7,10,15,22H,3,8-9,11H2,1-2H3,(H,18,23). The van der Waals surface area contributed by atoms with Crippen molar-refractivity contribution in [3.63, 3.8) is 0 Å². The molecule has 0 saturated heterocycles. The molecule has 0 bridgehead atoms. The van der Waals surface area contributed by atoms with Crippen molar-refractivity contribution in [1.29, 1.82) is 0 Å². The molecule has 1 aliphatic rings. The van der Waals surface area contributed by atoms with Gasteiger partial charge in [-0.3, -0.25) is 10.00 Å². The lowest BCUT2D eigenvalue weighted by Crippen LogP contribution is -2.44. The van der Waals surface area contributed by atoms with Gasteiger partial charge in [0.05, 0.1) is 18.3 Å². The zero-order valence-electron chi connectivity index (χ0n) is 13.5. The SMILES string of the molecule is CCc1cc(NC(=O)N2CCc3ccccc3C2CO)n(C)n1. The number of aliphatic hydroxyl groups is 1. The highest BCUT2D eigenvalue weighted by atomic mass is 16.3. The Bertz CT molecular complexity index is 710. The number of urea groups is 1. The summed E-state index contributed by atoms with van der Waals surface area (Å²) >= 11 is 0. The van der Waals surface area contributed by atoms with E-state index in [0.717, 1.165) is 24.1 Å². The molecule has 23 heavy (non-hydrogen) atoms. The number of amides is 2. The van der Waals surface area contributed by atoms with Gasteiger partial charge in [0.25, 0.3) is 0 Å². The highest BCUT2D eigenvalue weighted by Gasteiger charge is 2.30. The Balaban J connectivity index is 1.80. The van der Waals surface area contributed by atoms with Gasteiger partial charge in [0, 0.05) is 19.7 Å². The molecule has 2 amide bonds. The van der Waals surface area contributed by atoms with Crippen LogP contribution in [0.1, 0.15) is 29.8 Å². The van der Waals surface area contributed by atoms with E-state index in [1.807, 2.05) is 38.2 Å². The van der Waals surface area contributed by atoms with Gasteiger partial charge in [-0.15, -0.1) is 0 Å². The molecule has 1 atom stereocenters. The second-order valence-corrected chi connectivity index (χ2v) is 5.77. The first-order valence-corrected chi connectivity index (χ1v) is 7.93. The molecule has 0 aliphatic carbocycles. The van der Waals surface area contributed by atoms with E-state index in [1.54, 1.807) is 9.58 Å². The molecule has 1 aromatic carbocycles. The molecule has 6 nitrogen and oxygen atoms in total. The molecule has 6 heteroatoms. The van der Waals surface area contributed by atoms with E-state index < -0.39 is 0 Å². The fraction of sp³-hybridized carbons (Fsp3) is 0.412. The first kappa shape index (κ1) is 15.6. The van der Waals surface area contributed by atoms with E-state index in [1.165, 1.54) is 5.56 Å². The molecule has 3 rings (SSSR count). The summed E-state index contributed by atoms with van der Waals surface area (Å²) in [5, 5.41) is 17.0. The van der Waals surface area contributed by atoms with Crippen molar-refractivity contribution >= 4 is 11.8 Å². The lowest BCUT2D eigenvalue weighted by Gasteiger charge is -2.36. The third-order valence-corrected chi connectivity index (χ3v) is 4.37. The van der Waals surface area contributed by atoms with Gasteiger partial charge in [-0.1, -0.05) is 31.2 Å². The van der Waals surface area contributed by atoms with Gasteiger partial charge in [0.2, 0.25) is 0 Å². The number of rotatable bonds is 3. The summed E-state index contributed by atoms with van der Waals surface area (Å²) in [4.78, 5) is 14.4. The van der Waals surface area contributed by atoms with Gasteiger partial charge in [-0.25, -0.2) is 4.79 Å². The zero-order valence-corrected chi connectivity index (χ0v) is 13.5. The van der Waals surface area contributed by atoms with Crippen LogP contribution in [0, 0.1) is 0 Å². The fourth-order valence-corrected chi connectivity index (χ4v) is 3.09.